The molecule has 0 aliphatic heterocycles. The van der Waals surface area contributed by atoms with Crippen molar-refractivity contribution in [2.24, 2.45) is 0 Å². The van der Waals surface area contributed by atoms with Crippen LogP contribution in [0, 0.1) is 31.1 Å². The van der Waals surface area contributed by atoms with Crippen LogP contribution in [0.5, 0.6) is 0 Å². The first-order valence-corrected chi connectivity index (χ1v) is 4.42. The van der Waals surface area contributed by atoms with Crippen LogP contribution in [0.1, 0.15) is 0 Å². The molecule has 0 heterocycles. The Morgan fingerprint density at radius 3 is 0.571 bits per heavy atom. The second-order valence-electron chi connectivity index (χ2n) is 2.09. The molecule has 8 nitrogen and oxygen atoms in total. The smallest absolute Gasteiger partial charge is 0.545 e. The molecule has 0 aromatic rings. The van der Waals surface area contributed by atoms with Gasteiger partial charge in [-0.1, -0.05) is 26.3 Å². The van der Waals surface area contributed by atoms with E-state index in [2.05, 4.69) is 26.3 Å². The fourth-order valence-corrected chi connectivity index (χ4v) is 0. The number of hydrogen-bond donors (Lipinski definition) is 0. The number of carboxylic acids is 4. The predicted octanol–water partition coefficient (Wildman–Crippen LogP) is -4.31. The van der Waals surface area contributed by atoms with Crippen molar-refractivity contribution in [1.29, 1.82) is 0 Å². The Morgan fingerprint density at radius 1 is 0.524 bits per heavy atom. The third-order valence-electron chi connectivity index (χ3n) is 0.667. The van der Waals surface area contributed by atoms with Crippen molar-refractivity contribution in [3.8, 4) is 0 Å². The van der Waals surface area contributed by atoms with Gasteiger partial charge in [-0.2, -0.15) is 0 Å². The van der Waals surface area contributed by atoms with Crippen LogP contribution in [0.2, 0.25) is 0 Å². The Kier molecular flexibility index (Phi) is 39.5. The third kappa shape index (κ3) is 130. The van der Waals surface area contributed by atoms with Crippen LogP contribution in [-0.2, 0) is 19.2 Å². The van der Waals surface area contributed by atoms with Gasteiger partial charge in [-0.15, -0.1) is 0 Å². The first kappa shape index (κ1) is 31.3. The molecule has 9 heteroatoms. The maximum absolute atomic E-state index is 9.14. The molecule has 0 aromatic heterocycles. The molecule has 0 saturated carbocycles. The molecule has 0 aliphatic rings. The number of carboxylic acid groups (broad SMARTS) is 4. The van der Waals surface area contributed by atoms with Crippen molar-refractivity contribution in [3.05, 3.63) is 50.6 Å². The van der Waals surface area contributed by atoms with Gasteiger partial charge in [0.15, 0.2) is 0 Å². The summed E-state index contributed by atoms with van der Waals surface area (Å²) in [6, 6.07) is 0. The molecule has 0 spiro atoms. The number of carbonyl (C=O) groups excluding carboxylic acids is 4. The molecule has 112 valence electrons. The summed E-state index contributed by atoms with van der Waals surface area (Å²) in [7, 11) is 0. The van der Waals surface area contributed by atoms with Gasteiger partial charge in [-0.25, -0.2) is 0 Å². The Labute approximate surface area is 145 Å². The number of carbonyl (C=O) groups is 4. The van der Waals surface area contributed by atoms with Gasteiger partial charge in [0.25, 0.3) is 0 Å². The van der Waals surface area contributed by atoms with Crippen LogP contribution in [0.3, 0.4) is 0 Å². The largest absolute Gasteiger partial charge is 4.00 e. The minimum atomic E-state index is -1.23. The Hall–Kier alpha value is -2.11. The molecule has 0 aliphatic carbocycles. The van der Waals surface area contributed by atoms with Crippen molar-refractivity contribution in [3.63, 3.8) is 0 Å². The molecule has 0 aromatic carbocycles. The number of rotatable bonds is 4. The predicted molar refractivity (Wildman–Crippen MR) is 60.8 cm³/mol. The molecule has 0 rings (SSSR count). The topological polar surface area (TPSA) is 161 Å². The van der Waals surface area contributed by atoms with E-state index in [0.717, 1.165) is 24.3 Å². The van der Waals surface area contributed by atoms with Gasteiger partial charge >= 0.3 is 31.1 Å². The van der Waals surface area contributed by atoms with E-state index in [9.17, 15) is 0 Å². The molecule has 0 saturated heterocycles. The van der Waals surface area contributed by atoms with Gasteiger partial charge in [0.1, 0.15) is 0 Å². The van der Waals surface area contributed by atoms with Crippen molar-refractivity contribution in [2.75, 3.05) is 0 Å². The molecule has 21 heavy (non-hydrogen) atoms. The Morgan fingerprint density at radius 2 is 0.571 bits per heavy atom. The second kappa shape index (κ2) is 26.5. The van der Waals surface area contributed by atoms with Gasteiger partial charge in [0.05, 0.1) is 23.9 Å². The summed E-state index contributed by atoms with van der Waals surface area (Å²) in [6.07, 6.45) is 2.89. The van der Waals surface area contributed by atoms with Gasteiger partial charge in [0.2, 0.25) is 0 Å². The summed E-state index contributed by atoms with van der Waals surface area (Å²) in [4.78, 5) is 36.6. The second-order valence-corrected chi connectivity index (χ2v) is 2.09. The first-order chi connectivity index (χ1) is 9.08. The zero-order chi connectivity index (χ0) is 17.1. The van der Waals surface area contributed by atoms with Crippen molar-refractivity contribution in [2.45, 2.75) is 0 Å². The van der Waals surface area contributed by atoms with Crippen LogP contribution in [0.15, 0.2) is 50.6 Å². The van der Waals surface area contributed by atoms with Crippen molar-refractivity contribution < 1.29 is 70.7 Å². The van der Waals surface area contributed by atoms with Crippen LogP contribution in [-0.4, -0.2) is 23.9 Å². The normalized spacial score (nSPS) is 6.10. The van der Waals surface area contributed by atoms with Gasteiger partial charge in [-0.05, 0) is 24.3 Å². The Bertz CT molecular complexity index is 301. The van der Waals surface area contributed by atoms with Crippen LogP contribution in [0.4, 0.5) is 0 Å². The molecular formula is C12H12O8U. The maximum atomic E-state index is 9.14. The van der Waals surface area contributed by atoms with E-state index in [1.807, 2.05) is 0 Å². The zero-order valence-electron chi connectivity index (χ0n) is 10.9. The summed E-state index contributed by atoms with van der Waals surface area (Å²) >= 11 is 0. The molecule has 0 amide bonds. The Balaban J connectivity index is -0.0000000533. The molecule has 0 radical (unpaired) electrons. The monoisotopic (exact) mass is 522 g/mol. The first-order valence-electron chi connectivity index (χ1n) is 4.42. The van der Waals surface area contributed by atoms with Crippen LogP contribution < -0.4 is 20.4 Å². The molecule has 0 atom stereocenters. The van der Waals surface area contributed by atoms with Crippen molar-refractivity contribution in [1.82, 2.24) is 0 Å². The molecule has 0 bridgehead atoms. The van der Waals surface area contributed by atoms with Gasteiger partial charge in [-0.3, -0.25) is 0 Å². The summed E-state index contributed by atoms with van der Waals surface area (Å²) in [5.41, 5.74) is 0. The van der Waals surface area contributed by atoms with E-state index in [1.54, 1.807) is 0 Å². The third-order valence-corrected chi connectivity index (χ3v) is 0.667. The average Bonchev–Trinajstić information content (AvgIpc) is 2.40. The fraction of sp³-hybridized carbons (Fsp3) is 0. The average molecular weight is 522 g/mol. The number of hydrogen-bond acceptors (Lipinski definition) is 8. The van der Waals surface area contributed by atoms with E-state index in [-0.39, 0.29) is 31.1 Å². The number of aliphatic carboxylic acids is 4. The maximum Gasteiger partial charge on any atom is 4.00 e. The van der Waals surface area contributed by atoms with E-state index in [0.29, 0.717) is 0 Å². The summed E-state index contributed by atoms with van der Waals surface area (Å²) in [5, 5.41) is 36.6. The minimum absolute atomic E-state index is 0. The van der Waals surface area contributed by atoms with Crippen molar-refractivity contribution >= 4 is 23.9 Å². The van der Waals surface area contributed by atoms with Crippen LogP contribution in [0.25, 0.3) is 0 Å². The molecule has 0 unspecified atom stereocenters. The van der Waals surface area contributed by atoms with Crippen LogP contribution >= 0.6 is 0 Å². The van der Waals surface area contributed by atoms with E-state index >= 15 is 0 Å². The minimum Gasteiger partial charge on any atom is -0.545 e. The summed E-state index contributed by atoms with van der Waals surface area (Å²) in [6.45, 7) is 11.6. The quantitative estimate of drug-likeness (QED) is 0.335. The summed E-state index contributed by atoms with van der Waals surface area (Å²) < 4.78 is 0. The summed E-state index contributed by atoms with van der Waals surface area (Å²) in [5.74, 6) is -4.93. The van der Waals surface area contributed by atoms with E-state index in [1.165, 1.54) is 0 Å². The molecule has 0 N–H and O–H groups in total. The standard InChI is InChI=1S/4C3H4O2.U/c4*1-2-3(4)5;/h4*2H,1H2,(H,4,5);/q;;;;+4/p-4. The molecule has 0 fully saturated rings. The zero-order valence-corrected chi connectivity index (χ0v) is 15.1. The van der Waals surface area contributed by atoms with E-state index < -0.39 is 23.9 Å². The SMILES string of the molecule is C=CC(=O)[O-].C=CC(=O)[O-].C=CC(=O)[O-].C=CC(=O)[O-].[U+4]. The van der Waals surface area contributed by atoms with E-state index in [4.69, 9.17) is 39.6 Å². The molecular weight excluding hydrogens is 510 g/mol. The fourth-order valence-electron chi connectivity index (χ4n) is 0. The van der Waals surface area contributed by atoms with Gasteiger partial charge in [0, 0.05) is 0 Å². The van der Waals surface area contributed by atoms with Gasteiger partial charge < -0.3 is 39.6 Å².